The minimum absolute atomic E-state index is 0.00436. The number of piperidine rings is 1. The highest BCUT2D eigenvalue weighted by Crippen LogP contribution is 2.22. The molecule has 0 bridgehead atoms. The van der Waals surface area contributed by atoms with E-state index in [1.54, 1.807) is 0 Å². The third kappa shape index (κ3) is 5.77. The Morgan fingerprint density at radius 1 is 0.909 bits per heavy atom. The number of benzene rings is 3. The average molecular weight is 444 g/mol. The second kappa shape index (κ2) is 10.3. The number of nitrogens with zero attached hydrogens (tertiary/aromatic N) is 1. The molecule has 0 radical (unpaired) electrons. The van der Waals surface area contributed by atoms with Crippen LogP contribution in [0.2, 0.25) is 0 Å². The fourth-order valence-corrected chi connectivity index (χ4v) is 4.48. The number of nitrogens with two attached hydrogens (primary N) is 1. The topological polar surface area (TPSA) is 92.5 Å². The number of likely N-dealkylation sites (tertiary alicyclic amines) is 1. The van der Waals surface area contributed by atoms with Crippen LogP contribution < -0.4 is 11.1 Å². The first kappa shape index (κ1) is 22.5. The average Bonchev–Trinajstić information content (AvgIpc) is 2.83. The summed E-state index contributed by atoms with van der Waals surface area (Å²) in [5.41, 5.74) is 7.12. The van der Waals surface area contributed by atoms with Crippen molar-refractivity contribution in [3.63, 3.8) is 0 Å². The molecule has 0 saturated carbocycles. The van der Waals surface area contributed by atoms with Crippen molar-refractivity contribution in [3.05, 3.63) is 83.9 Å². The summed E-state index contributed by atoms with van der Waals surface area (Å²) in [5.74, 6) is -0.700. The third-order valence-corrected chi connectivity index (χ3v) is 6.27. The van der Waals surface area contributed by atoms with Crippen LogP contribution in [0.3, 0.4) is 0 Å². The highest BCUT2D eigenvalue weighted by molar-refractivity contribution is 5.98. The lowest BCUT2D eigenvalue weighted by Gasteiger charge is -2.32. The molecule has 3 aromatic rings. The Morgan fingerprint density at radius 3 is 2.27 bits per heavy atom. The fourth-order valence-electron chi connectivity index (χ4n) is 4.48. The molecule has 0 spiro atoms. The number of rotatable bonds is 7. The van der Waals surface area contributed by atoms with E-state index >= 15 is 0 Å². The molecule has 1 fully saturated rings. The van der Waals surface area contributed by atoms with Crippen LogP contribution in [-0.2, 0) is 16.0 Å². The molecule has 0 aromatic heterocycles. The molecule has 6 nitrogen and oxygen atoms in total. The van der Waals surface area contributed by atoms with Gasteiger partial charge in [0.1, 0.15) is 0 Å². The number of hydrogen-bond acceptors (Lipinski definition) is 3. The zero-order chi connectivity index (χ0) is 23.2. The van der Waals surface area contributed by atoms with Gasteiger partial charge >= 0.3 is 0 Å². The van der Waals surface area contributed by atoms with Crippen LogP contribution in [0.5, 0.6) is 0 Å². The highest BCUT2D eigenvalue weighted by Gasteiger charge is 2.29. The first-order valence-corrected chi connectivity index (χ1v) is 11.4. The lowest BCUT2D eigenvalue weighted by molar-refractivity contribution is -0.127. The van der Waals surface area contributed by atoms with Gasteiger partial charge in [0.2, 0.25) is 11.8 Å². The summed E-state index contributed by atoms with van der Waals surface area (Å²) >= 11 is 0. The first-order chi connectivity index (χ1) is 16.0. The summed E-state index contributed by atoms with van der Waals surface area (Å²) in [6, 6.07) is 23.1. The number of carbonyl (C=O) groups is 3. The molecule has 3 amide bonds. The Bertz CT molecular complexity index is 1140. The zero-order valence-corrected chi connectivity index (χ0v) is 18.6. The van der Waals surface area contributed by atoms with Crippen molar-refractivity contribution in [2.75, 3.05) is 13.1 Å². The number of carbonyl (C=O) groups excluding carboxylic acids is 3. The minimum atomic E-state index is -0.438. The second-order valence-electron chi connectivity index (χ2n) is 8.69. The normalized spacial score (nSPS) is 15.2. The Morgan fingerprint density at radius 2 is 1.58 bits per heavy atom. The van der Waals surface area contributed by atoms with Gasteiger partial charge in [-0.15, -0.1) is 0 Å². The summed E-state index contributed by atoms with van der Waals surface area (Å²) in [6.07, 6.45) is 1.84. The van der Waals surface area contributed by atoms with Crippen molar-refractivity contribution in [2.45, 2.75) is 31.7 Å². The molecule has 0 aliphatic carbocycles. The highest BCUT2D eigenvalue weighted by atomic mass is 16.2. The molecule has 4 rings (SSSR count). The third-order valence-electron chi connectivity index (χ3n) is 6.27. The summed E-state index contributed by atoms with van der Waals surface area (Å²) in [5, 5.41) is 5.16. The SMILES string of the molecule is NC(=O)CC(Cc1ccccc1)NC(=O)C1CCN(C(=O)c2ccc3ccccc3c2)CC1. The van der Waals surface area contributed by atoms with Crippen LogP contribution in [0, 0.1) is 5.92 Å². The van der Waals surface area contributed by atoms with Crippen molar-refractivity contribution >= 4 is 28.5 Å². The van der Waals surface area contributed by atoms with Crippen LogP contribution in [0.25, 0.3) is 10.8 Å². The quantitative estimate of drug-likeness (QED) is 0.587. The molecule has 3 aromatic carbocycles. The van der Waals surface area contributed by atoms with Gasteiger partial charge in [-0.05, 0) is 47.7 Å². The predicted molar refractivity (Wildman–Crippen MR) is 128 cm³/mol. The fraction of sp³-hybridized carbons (Fsp3) is 0.296. The molecular formula is C27H29N3O3. The van der Waals surface area contributed by atoms with Crippen molar-refractivity contribution in [2.24, 2.45) is 11.7 Å². The van der Waals surface area contributed by atoms with Gasteiger partial charge in [0, 0.05) is 37.0 Å². The lowest BCUT2D eigenvalue weighted by Crippen LogP contribution is -2.46. The van der Waals surface area contributed by atoms with Crippen LogP contribution in [-0.4, -0.2) is 41.8 Å². The Hall–Kier alpha value is -3.67. The van der Waals surface area contributed by atoms with E-state index in [4.69, 9.17) is 5.73 Å². The Labute approximate surface area is 193 Å². The maximum absolute atomic E-state index is 13.0. The number of nitrogens with one attached hydrogen (secondary N) is 1. The van der Waals surface area contributed by atoms with E-state index in [0.29, 0.717) is 37.9 Å². The second-order valence-corrected chi connectivity index (χ2v) is 8.69. The van der Waals surface area contributed by atoms with E-state index in [0.717, 1.165) is 16.3 Å². The molecule has 6 heteroatoms. The Balaban J connectivity index is 1.34. The van der Waals surface area contributed by atoms with Crippen LogP contribution in [0.15, 0.2) is 72.8 Å². The molecule has 3 N–H and O–H groups in total. The molecule has 33 heavy (non-hydrogen) atoms. The van der Waals surface area contributed by atoms with E-state index in [2.05, 4.69) is 5.32 Å². The monoisotopic (exact) mass is 443 g/mol. The van der Waals surface area contributed by atoms with E-state index in [-0.39, 0.29) is 30.2 Å². The molecule has 1 aliphatic heterocycles. The van der Waals surface area contributed by atoms with E-state index in [1.165, 1.54) is 0 Å². The van der Waals surface area contributed by atoms with Crippen LogP contribution in [0.1, 0.15) is 35.2 Å². The van der Waals surface area contributed by atoms with Gasteiger partial charge in [0.15, 0.2) is 0 Å². The van der Waals surface area contributed by atoms with Crippen molar-refractivity contribution < 1.29 is 14.4 Å². The van der Waals surface area contributed by atoms with Gasteiger partial charge < -0.3 is 16.0 Å². The predicted octanol–water partition coefficient (Wildman–Crippen LogP) is 3.29. The number of hydrogen-bond donors (Lipinski definition) is 2. The molecule has 1 atom stereocenters. The van der Waals surface area contributed by atoms with Crippen LogP contribution in [0.4, 0.5) is 0 Å². The van der Waals surface area contributed by atoms with Gasteiger partial charge in [-0.1, -0.05) is 60.7 Å². The van der Waals surface area contributed by atoms with Crippen LogP contribution >= 0.6 is 0 Å². The molecule has 1 aliphatic rings. The van der Waals surface area contributed by atoms with E-state index < -0.39 is 5.91 Å². The lowest BCUT2D eigenvalue weighted by atomic mass is 9.94. The summed E-state index contributed by atoms with van der Waals surface area (Å²) in [6.45, 7) is 1.06. The molecular weight excluding hydrogens is 414 g/mol. The van der Waals surface area contributed by atoms with E-state index in [9.17, 15) is 14.4 Å². The first-order valence-electron chi connectivity index (χ1n) is 11.4. The van der Waals surface area contributed by atoms with Crippen molar-refractivity contribution in [1.29, 1.82) is 0 Å². The van der Waals surface area contributed by atoms with Gasteiger partial charge in [-0.3, -0.25) is 14.4 Å². The Kier molecular flexibility index (Phi) is 7.03. The van der Waals surface area contributed by atoms with Gasteiger partial charge in [0.25, 0.3) is 5.91 Å². The number of primary amides is 1. The maximum Gasteiger partial charge on any atom is 0.253 e. The van der Waals surface area contributed by atoms with E-state index in [1.807, 2.05) is 77.7 Å². The largest absolute Gasteiger partial charge is 0.370 e. The van der Waals surface area contributed by atoms with Gasteiger partial charge in [-0.25, -0.2) is 0 Å². The van der Waals surface area contributed by atoms with Crippen molar-refractivity contribution in [3.8, 4) is 0 Å². The number of fused-ring (bicyclic) bond motifs is 1. The minimum Gasteiger partial charge on any atom is -0.370 e. The molecule has 1 heterocycles. The molecule has 1 unspecified atom stereocenters. The van der Waals surface area contributed by atoms with Gasteiger partial charge in [-0.2, -0.15) is 0 Å². The number of amides is 3. The zero-order valence-electron chi connectivity index (χ0n) is 18.6. The summed E-state index contributed by atoms with van der Waals surface area (Å²) in [7, 11) is 0. The van der Waals surface area contributed by atoms with Crippen molar-refractivity contribution in [1.82, 2.24) is 10.2 Å². The standard InChI is InChI=1S/C27H29N3O3/c28-25(31)18-24(16-19-6-2-1-3-7-19)29-26(32)21-12-14-30(15-13-21)27(33)23-11-10-20-8-4-5-9-22(20)17-23/h1-11,17,21,24H,12-16,18H2,(H2,28,31)(H,29,32). The maximum atomic E-state index is 13.0. The summed E-state index contributed by atoms with van der Waals surface area (Å²) in [4.78, 5) is 39.2. The smallest absolute Gasteiger partial charge is 0.253 e. The molecule has 1 saturated heterocycles. The summed E-state index contributed by atoms with van der Waals surface area (Å²) < 4.78 is 0. The van der Waals surface area contributed by atoms with Gasteiger partial charge in [0.05, 0.1) is 0 Å². The molecule has 170 valence electrons.